The first-order valence-electron chi connectivity index (χ1n) is 31.4. The number of carbonyl (C=O) groups excluding carboxylic acids is 6. The summed E-state index contributed by atoms with van der Waals surface area (Å²) in [6.45, 7) is 8.47. The Balaban J connectivity index is 1.36. The van der Waals surface area contributed by atoms with E-state index in [9.17, 15) is 48.6 Å². The van der Waals surface area contributed by atoms with Crippen molar-refractivity contribution in [3.8, 4) is 5.75 Å². The number of carboxylic acid groups (broad SMARTS) is 2. The zero-order valence-electron chi connectivity index (χ0n) is 50.7. The lowest BCUT2D eigenvalue weighted by atomic mass is 9.80. The van der Waals surface area contributed by atoms with Crippen LogP contribution in [0.3, 0.4) is 0 Å². The summed E-state index contributed by atoms with van der Waals surface area (Å²) >= 11 is 0. The zero-order valence-corrected chi connectivity index (χ0v) is 50.7. The van der Waals surface area contributed by atoms with E-state index in [0.717, 1.165) is 63.4 Å². The van der Waals surface area contributed by atoms with Gasteiger partial charge in [-0.1, -0.05) is 122 Å². The van der Waals surface area contributed by atoms with Crippen LogP contribution < -0.4 is 32.3 Å². The van der Waals surface area contributed by atoms with E-state index in [1.54, 1.807) is 12.1 Å². The smallest absolute Gasteiger partial charge is 0.326 e. The zero-order chi connectivity index (χ0) is 61.4. The van der Waals surface area contributed by atoms with Crippen molar-refractivity contribution < 1.29 is 72.6 Å². The number of nitrogens with one attached hydrogen (secondary N) is 5. The van der Waals surface area contributed by atoms with Gasteiger partial charge in [0.05, 0.1) is 39.6 Å². The molecule has 1 aromatic rings. The van der Waals surface area contributed by atoms with Gasteiger partial charge in [-0.25, -0.2) is 4.79 Å². The fourth-order valence-corrected chi connectivity index (χ4v) is 10.1. The van der Waals surface area contributed by atoms with Crippen molar-refractivity contribution in [3.05, 3.63) is 42.1 Å². The number of Topliss-reactive ketones (excluding diaryl/α,β-unsaturated/α-hetero) is 1. The molecule has 2 rings (SSSR count). The molecule has 1 aromatic carbocycles. The third-order valence-corrected chi connectivity index (χ3v) is 15.3. The first kappa shape index (κ1) is 74.5. The molecule has 0 spiro atoms. The molecule has 5 amide bonds. The second kappa shape index (κ2) is 48.6. The van der Waals surface area contributed by atoms with Crippen LogP contribution in [0.5, 0.6) is 5.75 Å². The quantitative estimate of drug-likeness (QED) is 0.0284. The number of ketones is 1. The first-order chi connectivity index (χ1) is 40.5. The molecule has 21 nitrogen and oxygen atoms in total. The van der Waals surface area contributed by atoms with Gasteiger partial charge in [0.2, 0.25) is 29.5 Å². The first-order valence-corrected chi connectivity index (χ1v) is 31.4. The van der Waals surface area contributed by atoms with Crippen LogP contribution in [-0.4, -0.2) is 148 Å². The Morgan fingerprint density at radius 3 is 1.55 bits per heavy atom. The molecule has 3 atom stereocenters. The summed E-state index contributed by atoms with van der Waals surface area (Å²) in [7, 11) is 0. The molecule has 0 unspecified atom stereocenters. The van der Waals surface area contributed by atoms with Gasteiger partial charge >= 0.3 is 11.9 Å². The second-order valence-electron chi connectivity index (χ2n) is 22.6. The highest BCUT2D eigenvalue weighted by atomic mass is 16.5. The highest BCUT2D eigenvalue weighted by molar-refractivity contribution is 5.87. The average molecular weight is 1190 g/mol. The SMILES string of the molecule is C=C(N[C@@H](CCC(=O)NCCOCCOCC(=O)NCCOCCOCC(=O)NCCCC[C@H](C)C(=O)C[C@@H](Cc1ccc(O)cc1)C(N)=O)C(=O)O)[C@H]1CC[C@H](CNC(=O)CCCCCCCCCCCCCCCCCCC(=O)O)CC1. The van der Waals surface area contributed by atoms with Crippen molar-refractivity contribution >= 4 is 47.3 Å². The fraction of sp³-hybridized carbons (Fsp3) is 0.746. The largest absolute Gasteiger partial charge is 0.508 e. The number of hydrogen-bond donors (Lipinski definition) is 9. The molecule has 21 heteroatoms. The normalized spacial score (nSPS) is 15.1. The number of benzene rings is 1. The summed E-state index contributed by atoms with van der Waals surface area (Å²) in [5, 5.41) is 42.4. The minimum Gasteiger partial charge on any atom is -0.508 e. The molecule has 0 aromatic heterocycles. The molecule has 1 saturated carbocycles. The van der Waals surface area contributed by atoms with Crippen molar-refractivity contribution in [2.45, 2.75) is 199 Å². The topological polar surface area (TPSA) is 320 Å². The van der Waals surface area contributed by atoms with Crippen molar-refractivity contribution in [1.29, 1.82) is 0 Å². The number of phenolic OH excluding ortho intramolecular Hbond substituents is 1. The van der Waals surface area contributed by atoms with Gasteiger partial charge in [-0.3, -0.25) is 33.6 Å². The van der Waals surface area contributed by atoms with Crippen LogP contribution in [0, 0.1) is 23.7 Å². The van der Waals surface area contributed by atoms with Gasteiger partial charge in [-0.2, -0.15) is 0 Å². The number of carboxylic acids is 2. The average Bonchev–Trinajstić information content (AvgIpc) is 3.66. The number of carbonyl (C=O) groups is 8. The molecule has 1 aliphatic carbocycles. The van der Waals surface area contributed by atoms with Crippen molar-refractivity contribution in [2.24, 2.45) is 29.4 Å². The summed E-state index contributed by atoms with van der Waals surface area (Å²) in [6.07, 6.45) is 25.7. The number of allylic oxidation sites excluding steroid dienone is 1. The van der Waals surface area contributed by atoms with E-state index >= 15 is 0 Å². The Labute approximate surface area is 500 Å². The number of hydrogen-bond acceptors (Lipinski definition) is 14. The molecule has 0 bridgehead atoms. The van der Waals surface area contributed by atoms with E-state index < -0.39 is 29.8 Å². The molecule has 10 N–H and O–H groups in total. The van der Waals surface area contributed by atoms with Gasteiger partial charge in [0.1, 0.15) is 30.8 Å². The minimum absolute atomic E-state index is 0.00930. The lowest BCUT2D eigenvalue weighted by Gasteiger charge is -2.31. The highest BCUT2D eigenvalue weighted by Gasteiger charge is 2.27. The van der Waals surface area contributed by atoms with Gasteiger partial charge < -0.3 is 66.6 Å². The molecule has 0 radical (unpaired) electrons. The Hall–Kier alpha value is -5.64. The predicted octanol–water partition coefficient (Wildman–Crippen LogP) is 7.58. The summed E-state index contributed by atoms with van der Waals surface area (Å²) < 4.78 is 21.6. The van der Waals surface area contributed by atoms with Crippen LogP contribution in [0.25, 0.3) is 0 Å². The number of nitrogens with two attached hydrogens (primary N) is 1. The number of rotatable bonds is 55. The fourth-order valence-electron chi connectivity index (χ4n) is 10.1. The van der Waals surface area contributed by atoms with Crippen molar-refractivity contribution in [3.63, 3.8) is 0 Å². The molecular formula is C63H106N6O15. The Morgan fingerprint density at radius 2 is 1.04 bits per heavy atom. The highest BCUT2D eigenvalue weighted by Crippen LogP contribution is 2.32. The molecule has 84 heavy (non-hydrogen) atoms. The van der Waals surface area contributed by atoms with Gasteiger partial charge in [-0.15, -0.1) is 0 Å². The summed E-state index contributed by atoms with van der Waals surface area (Å²) in [6, 6.07) is 5.50. The maximum absolute atomic E-state index is 12.8. The number of unbranched alkanes of at least 4 members (excludes halogenated alkanes) is 16. The number of amides is 5. The number of ether oxygens (including phenoxy) is 4. The standard InChI is InChI=1S/C63H106N6O15/c1-48(56(71)44-53(62(64)78)43-50-26-30-54(70)31-27-50)21-19-20-34-65-59(74)46-83-41-40-82-38-36-67-60(75)47-84-42-39-81-37-35-66-58(73)33-32-55(63(79)80)69-49(2)52-28-24-51(25-29-52)45-68-57(72)22-17-15-13-11-9-7-5-3-4-6-8-10-12-14-16-18-23-61(76)77/h26-27,30-31,48,51-53,55,69-70H,2-25,28-29,32-47H2,1H3,(H2,64,78)(H,65,74)(H,66,73)(H,67,75)(H,68,72)(H,76,77)(H,79,80)/t48-,51-,52-,53+,55-/m0/s1. The third kappa shape index (κ3) is 40.6. The van der Waals surface area contributed by atoms with Crippen LogP contribution in [0.2, 0.25) is 0 Å². The molecule has 0 heterocycles. The van der Waals surface area contributed by atoms with Gasteiger partial charge in [-0.05, 0) is 93.7 Å². The lowest BCUT2D eigenvalue weighted by Crippen LogP contribution is -2.40. The maximum Gasteiger partial charge on any atom is 0.326 e. The lowest BCUT2D eigenvalue weighted by molar-refractivity contribution is -0.140. The van der Waals surface area contributed by atoms with Crippen LogP contribution in [0.1, 0.15) is 192 Å². The Kier molecular flexibility index (Phi) is 43.1. The van der Waals surface area contributed by atoms with E-state index in [1.165, 1.54) is 82.8 Å². The summed E-state index contributed by atoms with van der Waals surface area (Å²) in [5.41, 5.74) is 7.04. The van der Waals surface area contributed by atoms with E-state index in [2.05, 4.69) is 33.2 Å². The van der Waals surface area contributed by atoms with E-state index in [0.29, 0.717) is 63.2 Å². The number of aliphatic carboxylic acids is 2. The molecule has 478 valence electrons. The van der Waals surface area contributed by atoms with Gasteiger partial charge in [0, 0.05) is 69.4 Å². The second-order valence-corrected chi connectivity index (χ2v) is 22.6. The number of primary amides is 1. The molecule has 0 aliphatic heterocycles. The van der Waals surface area contributed by atoms with Crippen LogP contribution in [-0.2, 0) is 63.7 Å². The summed E-state index contributed by atoms with van der Waals surface area (Å²) in [5.74, 6) is -3.37. The minimum atomic E-state index is -1.05. The summed E-state index contributed by atoms with van der Waals surface area (Å²) in [4.78, 5) is 96.6. The third-order valence-electron chi connectivity index (χ3n) is 15.3. The van der Waals surface area contributed by atoms with Crippen LogP contribution >= 0.6 is 0 Å². The van der Waals surface area contributed by atoms with E-state index in [-0.39, 0.29) is 132 Å². The Bertz CT molecular complexity index is 2020. The molecule has 1 aliphatic rings. The molecule has 0 saturated heterocycles. The van der Waals surface area contributed by atoms with Crippen LogP contribution in [0.4, 0.5) is 0 Å². The Morgan fingerprint density at radius 1 is 0.560 bits per heavy atom. The van der Waals surface area contributed by atoms with Crippen molar-refractivity contribution in [1.82, 2.24) is 26.6 Å². The van der Waals surface area contributed by atoms with Crippen LogP contribution in [0.15, 0.2) is 36.5 Å². The predicted molar refractivity (Wildman–Crippen MR) is 322 cm³/mol. The monoisotopic (exact) mass is 1190 g/mol. The molecule has 1 fully saturated rings. The van der Waals surface area contributed by atoms with E-state index in [1.807, 2.05) is 6.92 Å². The molecular weight excluding hydrogens is 1080 g/mol. The van der Waals surface area contributed by atoms with E-state index in [4.69, 9.17) is 29.8 Å². The number of phenols is 1. The number of aromatic hydroxyl groups is 1. The van der Waals surface area contributed by atoms with Gasteiger partial charge in [0.15, 0.2) is 0 Å². The van der Waals surface area contributed by atoms with Crippen molar-refractivity contribution in [2.75, 3.05) is 79.0 Å². The van der Waals surface area contributed by atoms with Gasteiger partial charge in [0.25, 0.3) is 0 Å². The maximum atomic E-state index is 12.8.